The quantitative estimate of drug-likeness (QED) is 0.860. The van der Waals surface area contributed by atoms with Gasteiger partial charge in [0, 0.05) is 17.1 Å². The third kappa shape index (κ3) is 4.14. The van der Waals surface area contributed by atoms with Crippen molar-refractivity contribution in [3.05, 3.63) is 46.7 Å². The zero-order chi connectivity index (χ0) is 11.3. The van der Waals surface area contributed by atoms with Gasteiger partial charge in [0.2, 0.25) is 0 Å². The largest absolute Gasteiger partial charge is 0.305 e. The minimum Gasteiger partial charge on any atom is -0.305 e. The van der Waals surface area contributed by atoms with E-state index in [2.05, 4.69) is 34.7 Å². The second kappa shape index (κ2) is 6.03. The molecule has 1 nitrogen and oxygen atoms in total. The topological polar surface area (TPSA) is 12.0 Å². The van der Waals surface area contributed by atoms with Crippen molar-refractivity contribution in [2.24, 2.45) is 0 Å². The van der Waals surface area contributed by atoms with Crippen molar-refractivity contribution >= 4 is 15.9 Å². The fourth-order valence-electron chi connectivity index (χ4n) is 1.43. The van der Waals surface area contributed by atoms with Crippen LogP contribution in [0.15, 0.2) is 35.3 Å². The lowest BCUT2D eigenvalue weighted by Gasteiger charge is -2.17. The first-order chi connectivity index (χ1) is 7.13. The Morgan fingerprint density at radius 2 is 2.07 bits per heavy atom. The molecule has 0 fully saturated rings. The van der Waals surface area contributed by atoms with E-state index >= 15 is 0 Å². The van der Waals surface area contributed by atoms with Crippen LogP contribution in [-0.2, 0) is 0 Å². The molecule has 0 aromatic heterocycles. The third-order valence-corrected chi connectivity index (χ3v) is 2.50. The highest BCUT2D eigenvalue weighted by molar-refractivity contribution is 9.11. The second-order valence-corrected chi connectivity index (χ2v) is 4.53. The Morgan fingerprint density at radius 1 is 1.47 bits per heavy atom. The van der Waals surface area contributed by atoms with Gasteiger partial charge < -0.3 is 5.32 Å². The number of rotatable bonds is 5. The zero-order valence-electron chi connectivity index (χ0n) is 8.76. The lowest BCUT2D eigenvalue weighted by Crippen LogP contribution is -2.21. The average Bonchev–Trinajstić information content (AvgIpc) is 2.21. The maximum Gasteiger partial charge on any atom is 0.123 e. The van der Waals surface area contributed by atoms with Crippen LogP contribution in [0, 0.1) is 5.82 Å². The van der Waals surface area contributed by atoms with Crippen molar-refractivity contribution in [1.82, 2.24) is 5.32 Å². The van der Waals surface area contributed by atoms with Crippen molar-refractivity contribution in [3.63, 3.8) is 0 Å². The first-order valence-corrected chi connectivity index (χ1v) is 5.75. The molecule has 0 spiro atoms. The summed E-state index contributed by atoms with van der Waals surface area (Å²) in [7, 11) is 0. The Balaban J connectivity index is 2.65. The molecule has 0 heterocycles. The summed E-state index contributed by atoms with van der Waals surface area (Å²) in [5, 5.41) is 3.34. The van der Waals surface area contributed by atoms with Gasteiger partial charge in [0.25, 0.3) is 0 Å². The van der Waals surface area contributed by atoms with E-state index in [0.29, 0.717) is 0 Å². The molecule has 0 radical (unpaired) electrons. The van der Waals surface area contributed by atoms with Gasteiger partial charge in [0.05, 0.1) is 0 Å². The van der Waals surface area contributed by atoms with E-state index in [9.17, 15) is 4.39 Å². The molecule has 0 saturated carbocycles. The molecule has 1 aromatic carbocycles. The normalized spacial score (nSPS) is 12.5. The summed E-state index contributed by atoms with van der Waals surface area (Å²) < 4.78 is 13.6. The molecule has 1 N–H and O–H groups in total. The molecule has 0 saturated heterocycles. The van der Waals surface area contributed by atoms with Crippen LogP contribution in [0.5, 0.6) is 0 Å². The number of halogens is 2. The molecule has 0 aliphatic carbocycles. The molecular weight excluding hydrogens is 257 g/mol. The van der Waals surface area contributed by atoms with E-state index in [1.807, 2.05) is 12.1 Å². The molecule has 0 aliphatic rings. The molecule has 15 heavy (non-hydrogen) atoms. The predicted octanol–water partition coefficient (Wildman–Crippen LogP) is 3.78. The van der Waals surface area contributed by atoms with Crippen LogP contribution in [0.3, 0.4) is 0 Å². The van der Waals surface area contributed by atoms with Crippen LogP contribution in [0.25, 0.3) is 0 Å². The molecule has 0 aliphatic heterocycles. The number of hydrogen-bond acceptors (Lipinski definition) is 1. The van der Waals surface area contributed by atoms with Crippen LogP contribution in [-0.4, -0.2) is 6.54 Å². The molecule has 1 rings (SSSR count). The van der Waals surface area contributed by atoms with Crippen molar-refractivity contribution in [2.75, 3.05) is 6.54 Å². The van der Waals surface area contributed by atoms with Gasteiger partial charge in [-0.25, -0.2) is 4.39 Å². The van der Waals surface area contributed by atoms with Crippen molar-refractivity contribution in [2.45, 2.75) is 19.4 Å². The fourth-order valence-corrected chi connectivity index (χ4v) is 1.59. The lowest BCUT2D eigenvalue weighted by molar-refractivity contribution is 0.547. The maximum absolute atomic E-state index is 12.7. The summed E-state index contributed by atoms with van der Waals surface area (Å²) in [4.78, 5) is 0. The Labute approximate surface area is 98.5 Å². The minimum absolute atomic E-state index is 0.196. The summed E-state index contributed by atoms with van der Waals surface area (Å²) in [6.45, 7) is 6.58. The van der Waals surface area contributed by atoms with Gasteiger partial charge >= 0.3 is 0 Å². The van der Waals surface area contributed by atoms with E-state index in [4.69, 9.17) is 0 Å². The summed E-state index contributed by atoms with van der Waals surface area (Å²) in [5.74, 6) is -0.196. The van der Waals surface area contributed by atoms with Gasteiger partial charge in [-0.1, -0.05) is 41.6 Å². The second-order valence-electron chi connectivity index (χ2n) is 3.41. The SMILES string of the molecule is C=C(Br)CNC(CC)c1ccc(F)cc1. The Kier molecular flexibility index (Phi) is 4.99. The molecule has 0 amide bonds. The molecule has 82 valence electrons. The third-order valence-electron chi connectivity index (χ3n) is 2.22. The van der Waals surface area contributed by atoms with E-state index in [-0.39, 0.29) is 11.9 Å². The van der Waals surface area contributed by atoms with Gasteiger partial charge in [0.15, 0.2) is 0 Å². The molecule has 1 aromatic rings. The smallest absolute Gasteiger partial charge is 0.123 e. The van der Waals surface area contributed by atoms with Gasteiger partial charge in [-0.05, 0) is 24.1 Å². The molecular formula is C12H15BrFN. The van der Waals surface area contributed by atoms with E-state index in [1.54, 1.807) is 0 Å². The highest BCUT2D eigenvalue weighted by atomic mass is 79.9. The van der Waals surface area contributed by atoms with E-state index < -0.39 is 0 Å². The van der Waals surface area contributed by atoms with Crippen LogP contribution in [0.2, 0.25) is 0 Å². The minimum atomic E-state index is -0.196. The molecule has 1 atom stereocenters. The van der Waals surface area contributed by atoms with E-state index in [1.165, 1.54) is 12.1 Å². The van der Waals surface area contributed by atoms with Crippen LogP contribution in [0.1, 0.15) is 24.9 Å². The summed E-state index contributed by atoms with van der Waals surface area (Å²) in [6.07, 6.45) is 0.964. The van der Waals surface area contributed by atoms with Gasteiger partial charge in [0.1, 0.15) is 5.82 Å². The van der Waals surface area contributed by atoms with Crippen molar-refractivity contribution in [3.8, 4) is 0 Å². The Bertz CT molecular complexity index is 321. The predicted molar refractivity (Wildman–Crippen MR) is 65.5 cm³/mol. The van der Waals surface area contributed by atoms with Crippen LogP contribution < -0.4 is 5.32 Å². The Hall–Kier alpha value is -0.670. The van der Waals surface area contributed by atoms with Gasteiger partial charge in [-0.2, -0.15) is 0 Å². The van der Waals surface area contributed by atoms with Crippen molar-refractivity contribution < 1.29 is 4.39 Å². The van der Waals surface area contributed by atoms with Crippen LogP contribution >= 0.6 is 15.9 Å². The molecule has 1 unspecified atom stereocenters. The van der Waals surface area contributed by atoms with E-state index in [0.717, 1.165) is 23.0 Å². The first-order valence-electron chi connectivity index (χ1n) is 4.95. The van der Waals surface area contributed by atoms with Crippen LogP contribution in [0.4, 0.5) is 4.39 Å². The first kappa shape index (κ1) is 12.4. The zero-order valence-corrected chi connectivity index (χ0v) is 10.3. The summed E-state index contributed by atoms with van der Waals surface area (Å²) >= 11 is 3.30. The lowest BCUT2D eigenvalue weighted by atomic mass is 10.0. The molecule has 0 bridgehead atoms. The highest BCUT2D eigenvalue weighted by Crippen LogP contribution is 2.17. The van der Waals surface area contributed by atoms with Gasteiger partial charge in [-0.15, -0.1) is 0 Å². The fraction of sp³-hybridized carbons (Fsp3) is 0.333. The summed E-state index contributed by atoms with van der Waals surface area (Å²) in [6, 6.07) is 6.85. The highest BCUT2D eigenvalue weighted by Gasteiger charge is 2.08. The maximum atomic E-state index is 12.7. The summed E-state index contributed by atoms with van der Waals surface area (Å²) in [5.41, 5.74) is 1.10. The number of benzene rings is 1. The monoisotopic (exact) mass is 271 g/mol. The van der Waals surface area contributed by atoms with Crippen molar-refractivity contribution in [1.29, 1.82) is 0 Å². The van der Waals surface area contributed by atoms with Gasteiger partial charge in [-0.3, -0.25) is 0 Å². The Morgan fingerprint density at radius 3 is 2.53 bits per heavy atom. The standard InChI is InChI=1S/C12H15BrFN/c1-3-12(15-8-9(2)13)10-4-6-11(14)7-5-10/h4-7,12,15H,2-3,8H2,1H3. The number of hydrogen-bond donors (Lipinski definition) is 1. The number of nitrogens with one attached hydrogen (secondary N) is 1. The average molecular weight is 272 g/mol. The molecule has 3 heteroatoms.